The maximum absolute atomic E-state index is 20.6. The molecule has 37 heavy (non-hydrogen) atoms. The predicted octanol–water partition coefficient (Wildman–Crippen LogP) is 7.48. The fourth-order valence-corrected chi connectivity index (χ4v) is 146. The Hall–Kier alpha value is -0.616. The zero-order valence-electron chi connectivity index (χ0n) is 15.6. The molecule has 0 spiro atoms. The van der Waals surface area contributed by atoms with Crippen molar-refractivity contribution in [2.75, 3.05) is 0 Å². The third kappa shape index (κ3) is 0.568. The van der Waals surface area contributed by atoms with Crippen molar-refractivity contribution in [1.82, 2.24) is 0 Å². The Kier molecular flexibility index (Phi) is 4.00. The van der Waals surface area contributed by atoms with Gasteiger partial charge in [0.2, 0.25) is 0 Å². The Balaban J connectivity index is 16.9. The Morgan fingerprint density at radius 2 is 0.216 bits per heavy atom. The summed E-state index contributed by atoms with van der Waals surface area (Å²) in [7, 11) is 0. The number of hydrogen-bond donors (Lipinski definition) is 0. The summed E-state index contributed by atoms with van der Waals surface area (Å²) < 4.78 is 299. The second-order valence-electron chi connectivity index (χ2n) is 8.76. The van der Waals surface area contributed by atoms with E-state index in [1.54, 1.807) is 0 Å². The summed E-state index contributed by atoms with van der Waals surface area (Å²) in [5.74, 6) is 0. The maximum atomic E-state index is 13.3. The third-order valence-electron chi connectivity index (χ3n) is 9.64. The first-order valence-corrected chi connectivity index (χ1v) is 42.8. The van der Waals surface area contributed by atoms with Gasteiger partial charge < -0.3 is 0 Å². The first-order chi connectivity index (χ1) is 15.9. The average Bonchev–Trinajstić information content (AvgIpc) is 2.70. The van der Waals surface area contributed by atoms with Crippen molar-refractivity contribution >= 4 is 73.8 Å². The van der Waals surface area contributed by atoms with Gasteiger partial charge in [-0.1, -0.05) is 0 Å². The van der Waals surface area contributed by atoms with E-state index in [1.165, 1.54) is 0 Å². The van der Waals surface area contributed by atoms with E-state index in [0.29, 0.717) is 0 Å². The van der Waals surface area contributed by atoms with Gasteiger partial charge in [0.25, 0.3) is 0 Å². The van der Waals surface area contributed by atoms with Gasteiger partial charge in [0.05, 0.1) is 0 Å². The van der Waals surface area contributed by atoms with Crippen molar-refractivity contribution in [3.63, 3.8) is 0 Å². The van der Waals surface area contributed by atoms with Gasteiger partial charge >= 0.3 is 183 Å². The van der Waals surface area contributed by atoms with E-state index in [1.807, 2.05) is 0 Å². The fraction of sp³-hybridized carbons (Fsp3) is 0. The molecule has 0 amide bonds. The summed E-state index contributed by atoms with van der Waals surface area (Å²) in [5, 5.41) is 0. The van der Waals surface area contributed by atoms with Gasteiger partial charge in [-0.25, -0.2) is 0 Å². The molecule has 0 heterocycles. The van der Waals surface area contributed by atoms with Gasteiger partial charge in [-0.05, 0) is 0 Å². The zero-order valence-corrected chi connectivity index (χ0v) is 27.7. The minimum atomic E-state index is -20.6. The molecule has 0 fully saturated rings. The van der Waals surface area contributed by atoms with Crippen LogP contribution >= 0.6 is 73.8 Å². The van der Waals surface area contributed by atoms with Crippen LogP contribution in [0.2, 0.25) is 0 Å². The van der Waals surface area contributed by atoms with E-state index in [0.717, 1.165) is 0 Å². The van der Waals surface area contributed by atoms with Crippen molar-refractivity contribution in [3.05, 3.63) is 0 Å². The second-order valence-corrected chi connectivity index (χ2v) is 246. The first kappa shape index (κ1) is 36.4. The molecule has 209 valence electrons. The van der Waals surface area contributed by atoms with Crippen molar-refractivity contribution in [2.45, 2.75) is 0 Å². The molecule has 0 unspecified atom stereocenters. The van der Waals surface area contributed by atoms with Crippen LogP contribution in [0.15, 0.2) is 0 Å². The zero-order chi connectivity index (χ0) is 31.2. The normalized spacial score (nSPS) is 22.7. The molecule has 0 aliphatic heterocycles. The van der Waals surface area contributed by atoms with Crippen LogP contribution in [0.4, 0.5) is 0 Å². The molecule has 24 nitrogen and oxygen atoms in total. The second kappa shape index (κ2) is 4.07. The number of hydrogen-bond acceptors (Lipinski definition) is 24. The Bertz CT molecular complexity index is 1800. The summed E-state index contributed by atoms with van der Waals surface area (Å²) in [5.41, 5.74) is 0. The van der Waals surface area contributed by atoms with Crippen LogP contribution in [-0.4, -0.2) is 0 Å². The van der Waals surface area contributed by atoms with Gasteiger partial charge in [-0.15, -0.1) is 0 Å². The summed E-state index contributed by atoms with van der Waals surface area (Å²) in [6, 6.07) is 0. The topological polar surface area (TPSA) is 410 Å². The van der Waals surface area contributed by atoms with Gasteiger partial charge in [-0.2, -0.15) is 0 Å². The van der Waals surface area contributed by atoms with Crippen LogP contribution in [0.5, 0.6) is 0 Å². The van der Waals surface area contributed by atoms with Gasteiger partial charge in [0.1, 0.15) is 0 Å². The summed E-state index contributed by atoms with van der Waals surface area (Å²) in [4.78, 5) is 0. The molecule has 37 heteroatoms. The van der Waals surface area contributed by atoms with Crippen LogP contribution in [0.3, 0.4) is 0 Å². The molecule has 0 aromatic heterocycles. The molecule has 0 rings (SSSR count). The van der Waals surface area contributed by atoms with Crippen LogP contribution < -0.4 is 0 Å². The summed E-state index contributed by atoms with van der Waals surface area (Å²) >= 11 is 0. The molecule has 0 radical (unpaired) electrons. The fourth-order valence-electron chi connectivity index (χ4n) is 3.94. The van der Waals surface area contributed by atoms with E-state index in [4.69, 9.17) is 0 Å². The van der Waals surface area contributed by atoms with E-state index in [9.17, 15) is 110 Å². The molecule has 0 bridgehead atoms. The molecular weight excluding hydrogens is 807 g/mol. The first-order valence-electron chi connectivity index (χ1n) is 6.78. The Morgan fingerprint density at radius 3 is 0.216 bits per heavy atom. The van der Waals surface area contributed by atoms with E-state index in [2.05, 4.69) is 0 Å². The molecule has 0 aromatic carbocycles. The van der Waals surface area contributed by atoms with Gasteiger partial charge in [0.15, 0.2) is 0 Å². The molecular formula is O24P12V. The van der Waals surface area contributed by atoms with Crippen molar-refractivity contribution in [1.29, 1.82) is 0 Å². The van der Waals surface area contributed by atoms with Crippen LogP contribution in [-0.2, 0) is 109 Å². The van der Waals surface area contributed by atoms with Crippen molar-refractivity contribution in [3.8, 4) is 0 Å². The summed E-state index contributed by atoms with van der Waals surface area (Å²) in [6.07, 6.45) is -118. The van der Waals surface area contributed by atoms with Crippen molar-refractivity contribution in [2.24, 2.45) is 0 Å². The van der Waals surface area contributed by atoms with Gasteiger partial charge in [0, 0.05) is 0 Å². The molecule has 0 aromatic rings. The van der Waals surface area contributed by atoms with Crippen LogP contribution in [0.1, 0.15) is 0 Å². The van der Waals surface area contributed by atoms with E-state index in [-0.39, 0.29) is 0 Å². The van der Waals surface area contributed by atoms with Crippen molar-refractivity contribution < 1.29 is 109 Å². The third-order valence-corrected chi connectivity index (χ3v) is 358. The molecule has 0 saturated carbocycles. The summed E-state index contributed by atoms with van der Waals surface area (Å²) in [6.45, 7) is 0. The standard InChI is InChI=1S/12O2P.V/c12*1-3-2;. The molecule has 0 aliphatic carbocycles. The molecule has 0 aliphatic rings. The predicted molar refractivity (Wildman–Crippen MR) is 99.5 cm³/mol. The quantitative estimate of drug-likeness (QED) is 0.172. The van der Waals surface area contributed by atoms with Gasteiger partial charge in [-0.3, -0.25) is 0 Å². The monoisotopic (exact) mass is 807 g/mol. The minimum absolute atomic E-state index is 9.82. The molecule has 0 atom stereocenters. The number of rotatable bonds is 12. The van der Waals surface area contributed by atoms with Crippen LogP contribution in [0, 0.1) is 0 Å². The van der Waals surface area contributed by atoms with E-state index >= 15 is 0 Å². The average molecular weight is 807 g/mol. The molecule has 0 N–H and O–H groups in total. The SMILES string of the molecule is O=[P](=O)[V]([P](=O)=O)([P](=O)=O)([P](=O)=O)([P](=O)=O)([P](=O)=O)([P](=O)=O)([P](=O)=O)([P](=O)=O)([P](=O)=O)([P](=O)=O)[P](=O)=O. The molecule has 0 saturated heterocycles. The Labute approximate surface area is 182 Å². The Morgan fingerprint density at radius 1 is 0.162 bits per heavy atom. The van der Waals surface area contributed by atoms with Crippen LogP contribution in [0.25, 0.3) is 0 Å². The van der Waals surface area contributed by atoms with E-state index < -0.39 is 73.2 Å².